The molecule has 0 aliphatic heterocycles. The summed E-state index contributed by atoms with van der Waals surface area (Å²) in [5.74, 6) is 0. The van der Waals surface area contributed by atoms with Crippen molar-refractivity contribution in [3.05, 3.63) is 15.9 Å². The molecule has 0 atom stereocenters. The average molecular weight is 353 g/mol. The number of aromatic nitrogens is 2. The van der Waals surface area contributed by atoms with Gasteiger partial charge in [-0.1, -0.05) is 22.9 Å². The molecule has 0 N–H and O–H groups in total. The SMILES string of the molecule is CCN(CCCBr)Cc1c(Br)c(C)nn1C. The average Bonchev–Trinajstić information content (AvgIpc) is 2.50. The van der Waals surface area contributed by atoms with Gasteiger partial charge in [-0.3, -0.25) is 9.58 Å². The zero-order valence-corrected chi connectivity index (χ0v) is 13.3. The van der Waals surface area contributed by atoms with Gasteiger partial charge in [-0.25, -0.2) is 0 Å². The van der Waals surface area contributed by atoms with Crippen LogP contribution in [0.15, 0.2) is 4.47 Å². The predicted molar refractivity (Wildman–Crippen MR) is 75.0 cm³/mol. The van der Waals surface area contributed by atoms with E-state index in [1.165, 1.54) is 12.1 Å². The van der Waals surface area contributed by atoms with Crippen LogP contribution >= 0.6 is 31.9 Å². The highest BCUT2D eigenvalue weighted by molar-refractivity contribution is 9.10. The van der Waals surface area contributed by atoms with Gasteiger partial charge in [0, 0.05) is 18.9 Å². The number of aryl methyl sites for hydroxylation is 2. The van der Waals surface area contributed by atoms with E-state index in [0.717, 1.165) is 35.1 Å². The molecule has 3 nitrogen and oxygen atoms in total. The molecule has 1 aromatic rings. The standard InChI is InChI=1S/C11H19Br2N3/c1-4-16(7-5-6-12)8-10-11(13)9(2)14-15(10)3/h4-8H2,1-3H3. The van der Waals surface area contributed by atoms with Gasteiger partial charge >= 0.3 is 0 Å². The van der Waals surface area contributed by atoms with E-state index in [4.69, 9.17) is 0 Å². The molecule has 0 unspecified atom stereocenters. The molecular formula is C11H19Br2N3. The summed E-state index contributed by atoms with van der Waals surface area (Å²) in [5.41, 5.74) is 2.32. The van der Waals surface area contributed by atoms with Crippen LogP contribution in [0.4, 0.5) is 0 Å². The van der Waals surface area contributed by atoms with Crippen molar-refractivity contribution in [1.82, 2.24) is 14.7 Å². The van der Waals surface area contributed by atoms with Crippen molar-refractivity contribution in [2.45, 2.75) is 26.8 Å². The lowest BCUT2D eigenvalue weighted by Crippen LogP contribution is -2.25. The van der Waals surface area contributed by atoms with Gasteiger partial charge in [0.1, 0.15) is 0 Å². The molecule has 1 heterocycles. The molecule has 0 aliphatic rings. The van der Waals surface area contributed by atoms with E-state index in [1.807, 2.05) is 18.7 Å². The fourth-order valence-electron chi connectivity index (χ4n) is 1.70. The maximum atomic E-state index is 4.41. The Morgan fingerprint density at radius 1 is 1.44 bits per heavy atom. The Labute approximate surface area is 114 Å². The highest BCUT2D eigenvalue weighted by atomic mass is 79.9. The van der Waals surface area contributed by atoms with E-state index in [-0.39, 0.29) is 0 Å². The number of halogens is 2. The van der Waals surface area contributed by atoms with E-state index < -0.39 is 0 Å². The zero-order chi connectivity index (χ0) is 12.1. The lowest BCUT2D eigenvalue weighted by Gasteiger charge is -2.20. The Morgan fingerprint density at radius 2 is 2.12 bits per heavy atom. The Bertz CT molecular complexity index is 336. The van der Waals surface area contributed by atoms with Gasteiger partial charge in [-0.2, -0.15) is 5.10 Å². The Balaban J connectivity index is 2.69. The van der Waals surface area contributed by atoms with Crippen LogP contribution in [0.5, 0.6) is 0 Å². The van der Waals surface area contributed by atoms with Gasteiger partial charge in [-0.05, 0) is 42.4 Å². The molecule has 0 aromatic carbocycles. The minimum Gasteiger partial charge on any atom is -0.298 e. The maximum Gasteiger partial charge on any atom is 0.0739 e. The van der Waals surface area contributed by atoms with Gasteiger partial charge in [-0.15, -0.1) is 0 Å². The van der Waals surface area contributed by atoms with E-state index in [2.05, 4.69) is 48.8 Å². The summed E-state index contributed by atoms with van der Waals surface area (Å²) in [4.78, 5) is 2.43. The minimum absolute atomic E-state index is 0.960. The Morgan fingerprint density at radius 3 is 2.56 bits per heavy atom. The predicted octanol–water partition coefficient (Wildman–Crippen LogP) is 3.10. The highest BCUT2D eigenvalue weighted by Crippen LogP contribution is 2.21. The van der Waals surface area contributed by atoms with Crippen LogP contribution in [0, 0.1) is 6.92 Å². The van der Waals surface area contributed by atoms with Crippen LogP contribution in [0.25, 0.3) is 0 Å². The van der Waals surface area contributed by atoms with Gasteiger partial charge < -0.3 is 0 Å². The summed E-state index contributed by atoms with van der Waals surface area (Å²) >= 11 is 7.08. The third-order valence-corrected chi connectivity index (χ3v) is 4.28. The second-order valence-electron chi connectivity index (χ2n) is 3.88. The maximum absolute atomic E-state index is 4.41. The van der Waals surface area contributed by atoms with Gasteiger partial charge in [0.05, 0.1) is 15.9 Å². The molecule has 0 spiro atoms. The summed E-state index contributed by atoms with van der Waals surface area (Å²) in [7, 11) is 2.01. The van der Waals surface area contributed by atoms with Crippen LogP contribution in [0.2, 0.25) is 0 Å². The van der Waals surface area contributed by atoms with Crippen LogP contribution in [0.3, 0.4) is 0 Å². The number of rotatable bonds is 6. The Hall–Kier alpha value is 0.130. The van der Waals surface area contributed by atoms with E-state index in [9.17, 15) is 0 Å². The summed E-state index contributed by atoms with van der Waals surface area (Å²) in [6.45, 7) is 7.39. The van der Waals surface area contributed by atoms with Crippen molar-refractivity contribution in [3.8, 4) is 0 Å². The fourth-order valence-corrected chi connectivity index (χ4v) is 2.41. The normalized spacial score (nSPS) is 11.4. The third-order valence-electron chi connectivity index (χ3n) is 2.69. The molecule has 0 saturated heterocycles. The summed E-state index contributed by atoms with van der Waals surface area (Å²) < 4.78 is 3.11. The largest absolute Gasteiger partial charge is 0.298 e. The number of hydrogen-bond acceptors (Lipinski definition) is 2. The molecule has 16 heavy (non-hydrogen) atoms. The molecular weight excluding hydrogens is 334 g/mol. The van der Waals surface area contributed by atoms with Crippen molar-refractivity contribution < 1.29 is 0 Å². The number of hydrogen-bond donors (Lipinski definition) is 0. The number of nitrogens with zero attached hydrogens (tertiary/aromatic N) is 3. The van der Waals surface area contributed by atoms with Crippen molar-refractivity contribution >= 4 is 31.9 Å². The molecule has 0 amide bonds. The molecule has 5 heteroatoms. The Kier molecular flexibility index (Phi) is 6.00. The molecule has 1 aromatic heterocycles. The minimum atomic E-state index is 0.960. The van der Waals surface area contributed by atoms with Crippen LogP contribution < -0.4 is 0 Å². The van der Waals surface area contributed by atoms with E-state index in [1.54, 1.807) is 0 Å². The van der Waals surface area contributed by atoms with Crippen molar-refractivity contribution in [1.29, 1.82) is 0 Å². The molecule has 0 fully saturated rings. The van der Waals surface area contributed by atoms with Crippen molar-refractivity contribution in [2.24, 2.45) is 7.05 Å². The zero-order valence-electron chi connectivity index (χ0n) is 10.1. The summed E-state index contributed by atoms with van der Waals surface area (Å²) in [6.07, 6.45) is 1.18. The molecule has 0 radical (unpaired) electrons. The molecule has 1 rings (SSSR count). The third kappa shape index (κ3) is 3.57. The van der Waals surface area contributed by atoms with Crippen LogP contribution in [0.1, 0.15) is 24.7 Å². The summed E-state index contributed by atoms with van der Waals surface area (Å²) in [6, 6.07) is 0. The van der Waals surface area contributed by atoms with Crippen LogP contribution in [-0.4, -0.2) is 33.1 Å². The first-order valence-corrected chi connectivity index (χ1v) is 7.47. The first kappa shape index (κ1) is 14.2. The van der Waals surface area contributed by atoms with Crippen molar-refractivity contribution in [2.75, 3.05) is 18.4 Å². The first-order valence-electron chi connectivity index (χ1n) is 5.56. The van der Waals surface area contributed by atoms with Gasteiger partial charge in [0.25, 0.3) is 0 Å². The molecule has 0 bridgehead atoms. The smallest absolute Gasteiger partial charge is 0.0739 e. The van der Waals surface area contributed by atoms with Gasteiger partial charge in [0.2, 0.25) is 0 Å². The second kappa shape index (κ2) is 6.77. The molecule has 0 saturated carbocycles. The molecule has 0 aliphatic carbocycles. The van der Waals surface area contributed by atoms with E-state index in [0.29, 0.717) is 0 Å². The lowest BCUT2D eigenvalue weighted by molar-refractivity contribution is 0.273. The fraction of sp³-hybridized carbons (Fsp3) is 0.727. The van der Waals surface area contributed by atoms with Crippen molar-refractivity contribution in [3.63, 3.8) is 0 Å². The topological polar surface area (TPSA) is 21.1 Å². The first-order chi connectivity index (χ1) is 7.60. The monoisotopic (exact) mass is 351 g/mol. The lowest BCUT2D eigenvalue weighted by atomic mass is 10.3. The highest BCUT2D eigenvalue weighted by Gasteiger charge is 2.13. The quantitative estimate of drug-likeness (QED) is 0.733. The second-order valence-corrected chi connectivity index (χ2v) is 5.47. The van der Waals surface area contributed by atoms with Crippen LogP contribution in [-0.2, 0) is 13.6 Å². The molecule has 92 valence electrons. The number of alkyl halides is 1. The van der Waals surface area contributed by atoms with E-state index >= 15 is 0 Å². The summed E-state index contributed by atoms with van der Waals surface area (Å²) in [5, 5.41) is 5.48. The van der Waals surface area contributed by atoms with Gasteiger partial charge in [0.15, 0.2) is 0 Å².